The molecule has 2 fully saturated rings. The number of anilines is 1. The van der Waals surface area contributed by atoms with Gasteiger partial charge in [-0.1, -0.05) is 6.07 Å². The van der Waals surface area contributed by atoms with Crippen LogP contribution in [-0.2, 0) is 16.1 Å². The molecule has 170 valence electrons. The largest absolute Gasteiger partial charge is 0.457 e. The molecule has 2 aromatic rings. The zero-order valence-corrected chi connectivity index (χ0v) is 18.6. The normalized spacial score (nSPS) is 20.6. The Morgan fingerprint density at radius 1 is 1.24 bits per heavy atom. The standard InChI is InChI=1S/C25H26N4O4/c1-16-18(3-4-19-20(16)14-33-24(19)32)21(30)13-28-8-6-25(7-9-28)10-23(31)29(15-25)22-5-2-17(11-26)12-27-22/h2-5,12,21,30H,6-10,13-15H2,1H3/t21-/m0/s1. The Morgan fingerprint density at radius 3 is 2.73 bits per heavy atom. The molecule has 0 unspecified atom stereocenters. The number of hydrogen-bond acceptors (Lipinski definition) is 7. The molecule has 3 aliphatic rings. The van der Waals surface area contributed by atoms with E-state index in [-0.39, 0.29) is 23.9 Å². The van der Waals surface area contributed by atoms with Crippen molar-refractivity contribution in [2.75, 3.05) is 31.1 Å². The van der Waals surface area contributed by atoms with Crippen LogP contribution in [0.2, 0.25) is 0 Å². The number of pyridine rings is 1. The Bertz CT molecular complexity index is 1150. The monoisotopic (exact) mass is 446 g/mol. The number of aromatic nitrogens is 1. The van der Waals surface area contributed by atoms with Crippen molar-refractivity contribution in [2.45, 2.75) is 38.9 Å². The van der Waals surface area contributed by atoms with Gasteiger partial charge in [-0.15, -0.1) is 0 Å². The first-order valence-electron chi connectivity index (χ1n) is 11.3. The maximum absolute atomic E-state index is 12.7. The molecule has 4 heterocycles. The van der Waals surface area contributed by atoms with E-state index in [9.17, 15) is 14.7 Å². The first kappa shape index (κ1) is 21.6. The molecule has 1 spiro atoms. The minimum atomic E-state index is -0.649. The first-order valence-corrected chi connectivity index (χ1v) is 11.3. The maximum Gasteiger partial charge on any atom is 0.338 e. The van der Waals surface area contributed by atoms with Gasteiger partial charge in [-0.25, -0.2) is 9.78 Å². The van der Waals surface area contributed by atoms with E-state index in [4.69, 9.17) is 10.00 Å². The molecule has 1 atom stereocenters. The van der Waals surface area contributed by atoms with Crippen LogP contribution in [0.4, 0.5) is 5.82 Å². The molecule has 0 saturated carbocycles. The number of nitrogens with zero attached hydrogens (tertiary/aromatic N) is 4. The van der Waals surface area contributed by atoms with Gasteiger partial charge in [-0.2, -0.15) is 5.26 Å². The molecule has 8 nitrogen and oxygen atoms in total. The smallest absolute Gasteiger partial charge is 0.338 e. The number of carbonyl (C=O) groups is 2. The van der Waals surface area contributed by atoms with Gasteiger partial charge in [0.25, 0.3) is 0 Å². The lowest BCUT2D eigenvalue weighted by molar-refractivity contribution is -0.118. The van der Waals surface area contributed by atoms with E-state index in [0.717, 1.165) is 42.6 Å². The number of aliphatic hydroxyl groups excluding tert-OH is 1. The van der Waals surface area contributed by atoms with Crippen LogP contribution < -0.4 is 4.90 Å². The molecule has 0 radical (unpaired) electrons. The highest BCUT2D eigenvalue weighted by Gasteiger charge is 2.45. The molecule has 1 amide bonds. The fourth-order valence-corrected chi connectivity index (χ4v) is 5.33. The van der Waals surface area contributed by atoms with Gasteiger partial charge in [0, 0.05) is 31.3 Å². The number of β-amino-alcohol motifs (C(OH)–C–C–N with tert-alkyl or cyclic N) is 1. The molecule has 3 aliphatic heterocycles. The average molecular weight is 447 g/mol. The van der Waals surface area contributed by atoms with Crippen molar-refractivity contribution >= 4 is 17.7 Å². The summed E-state index contributed by atoms with van der Waals surface area (Å²) in [6.45, 7) is 4.97. The minimum Gasteiger partial charge on any atom is -0.457 e. The molecule has 1 aromatic heterocycles. The molecule has 1 aromatic carbocycles. The van der Waals surface area contributed by atoms with Crippen LogP contribution in [0.5, 0.6) is 0 Å². The third kappa shape index (κ3) is 3.88. The lowest BCUT2D eigenvalue weighted by Crippen LogP contribution is -2.43. The number of hydrogen-bond donors (Lipinski definition) is 1. The number of esters is 1. The predicted molar refractivity (Wildman–Crippen MR) is 119 cm³/mol. The molecule has 2 saturated heterocycles. The van der Waals surface area contributed by atoms with E-state index >= 15 is 0 Å². The number of nitriles is 1. The van der Waals surface area contributed by atoms with Crippen LogP contribution in [0.3, 0.4) is 0 Å². The van der Waals surface area contributed by atoms with Crippen LogP contribution in [-0.4, -0.2) is 53.0 Å². The Kier molecular flexibility index (Phi) is 5.39. The van der Waals surface area contributed by atoms with Crippen LogP contribution in [0.1, 0.15) is 58.0 Å². The first-order chi connectivity index (χ1) is 15.9. The van der Waals surface area contributed by atoms with Crippen LogP contribution in [0.15, 0.2) is 30.5 Å². The van der Waals surface area contributed by atoms with E-state index in [0.29, 0.717) is 36.5 Å². The van der Waals surface area contributed by atoms with Crippen LogP contribution in [0, 0.1) is 23.7 Å². The predicted octanol–water partition coefficient (Wildman–Crippen LogP) is 2.48. The van der Waals surface area contributed by atoms with Crippen molar-refractivity contribution in [1.29, 1.82) is 5.26 Å². The van der Waals surface area contributed by atoms with Gasteiger partial charge in [0.2, 0.25) is 5.91 Å². The Balaban J connectivity index is 1.21. The van der Waals surface area contributed by atoms with E-state index in [1.807, 2.05) is 19.1 Å². The van der Waals surface area contributed by atoms with Crippen molar-refractivity contribution in [1.82, 2.24) is 9.88 Å². The van der Waals surface area contributed by atoms with Crippen molar-refractivity contribution in [3.05, 3.63) is 58.3 Å². The zero-order chi connectivity index (χ0) is 23.2. The Hall–Kier alpha value is -3.28. The minimum absolute atomic E-state index is 0.0741. The summed E-state index contributed by atoms with van der Waals surface area (Å²) in [5.74, 6) is 0.376. The number of cyclic esters (lactones) is 1. The van der Waals surface area contributed by atoms with E-state index in [1.165, 1.54) is 6.20 Å². The van der Waals surface area contributed by atoms with Gasteiger partial charge in [0.1, 0.15) is 18.5 Å². The highest BCUT2D eigenvalue weighted by atomic mass is 16.5. The van der Waals surface area contributed by atoms with Crippen LogP contribution in [0.25, 0.3) is 0 Å². The summed E-state index contributed by atoms with van der Waals surface area (Å²) in [6, 6.07) is 9.05. The molecule has 0 aliphatic carbocycles. The van der Waals surface area contributed by atoms with E-state index in [1.54, 1.807) is 23.1 Å². The number of benzene rings is 1. The number of rotatable bonds is 4. The van der Waals surface area contributed by atoms with Crippen molar-refractivity contribution in [2.24, 2.45) is 5.41 Å². The summed E-state index contributed by atoms with van der Waals surface area (Å²) >= 11 is 0. The molecule has 0 bridgehead atoms. The van der Waals surface area contributed by atoms with Crippen LogP contribution >= 0.6 is 0 Å². The average Bonchev–Trinajstić information content (AvgIpc) is 3.36. The van der Waals surface area contributed by atoms with Gasteiger partial charge >= 0.3 is 5.97 Å². The fourth-order valence-electron chi connectivity index (χ4n) is 5.33. The lowest BCUT2D eigenvalue weighted by atomic mass is 9.77. The molecule has 5 rings (SSSR count). The number of piperidine rings is 1. The van der Waals surface area contributed by atoms with Gasteiger partial charge in [-0.05, 0) is 67.6 Å². The summed E-state index contributed by atoms with van der Waals surface area (Å²) in [5.41, 5.74) is 3.62. The van der Waals surface area contributed by atoms with Crippen molar-refractivity contribution in [3.8, 4) is 6.07 Å². The topological polar surface area (TPSA) is 107 Å². The van der Waals surface area contributed by atoms with Gasteiger partial charge in [-0.3, -0.25) is 9.69 Å². The number of ether oxygens (including phenoxy) is 1. The third-order valence-corrected chi connectivity index (χ3v) is 7.39. The Labute approximate surface area is 192 Å². The number of amides is 1. The van der Waals surface area contributed by atoms with Crippen molar-refractivity contribution in [3.63, 3.8) is 0 Å². The van der Waals surface area contributed by atoms with E-state index in [2.05, 4.69) is 9.88 Å². The molecular weight excluding hydrogens is 420 g/mol. The SMILES string of the molecule is Cc1c([C@@H](O)CN2CCC3(CC2)CC(=O)N(c2ccc(C#N)cn2)C3)ccc2c1COC2=O. The summed E-state index contributed by atoms with van der Waals surface area (Å²) in [6.07, 6.45) is 3.11. The quantitative estimate of drug-likeness (QED) is 0.719. The molecule has 1 N–H and O–H groups in total. The zero-order valence-electron chi connectivity index (χ0n) is 18.6. The van der Waals surface area contributed by atoms with Crippen molar-refractivity contribution < 1.29 is 19.4 Å². The summed E-state index contributed by atoms with van der Waals surface area (Å²) < 4.78 is 5.12. The van der Waals surface area contributed by atoms with Gasteiger partial charge in [0.15, 0.2) is 0 Å². The third-order valence-electron chi connectivity index (χ3n) is 7.39. The maximum atomic E-state index is 12.7. The number of fused-ring (bicyclic) bond motifs is 1. The molecular formula is C25H26N4O4. The second-order valence-corrected chi connectivity index (χ2v) is 9.37. The Morgan fingerprint density at radius 2 is 2.03 bits per heavy atom. The highest BCUT2D eigenvalue weighted by Crippen LogP contribution is 2.42. The highest BCUT2D eigenvalue weighted by molar-refractivity contribution is 5.95. The number of carbonyl (C=O) groups excluding carboxylic acids is 2. The summed E-state index contributed by atoms with van der Waals surface area (Å²) in [5, 5.41) is 19.9. The second-order valence-electron chi connectivity index (χ2n) is 9.37. The second kappa shape index (κ2) is 8.25. The van der Waals surface area contributed by atoms with Gasteiger partial charge < -0.3 is 14.7 Å². The number of likely N-dealkylation sites (tertiary alicyclic amines) is 1. The number of aliphatic hydroxyl groups is 1. The van der Waals surface area contributed by atoms with E-state index < -0.39 is 6.10 Å². The summed E-state index contributed by atoms with van der Waals surface area (Å²) in [4.78, 5) is 32.8. The lowest BCUT2D eigenvalue weighted by Gasteiger charge is -2.39. The molecule has 8 heteroatoms. The van der Waals surface area contributed by atoms with Gasteiger partial charge in [0.05, 0.1) is 17.2 Å². The summed E-state index contributed by atoms with van der Waals surface area (Å²) in [7, 11) is 0. The molecule has 33 heavy (non-hydrogen) atoms. The fraction of sp³-hybridized carbons (Fsp3) is 0.440.